The van der Waals surface area contributed by atoms with Gasteiger partial charge in [0.1, 0.15) is 11.7 Å². The normalized spacial score (nSPS) is 20.6. The number of nitrogens with zero attached hydrogens (tertiary/aromatic N) is 4. The number of benzene rings is 4. The number of hydrogen-bond donors (Lipinski definition) is 6. The van der Waals surface area contributed by atoms with Gasteiger partial charge in [-0.3, -0.25) is 28.8 Å². The summed E-state index contributed by atoms with van der Waals surface area (Å²) in [6.45, 7) is 4.85. The number of aliphatic hydroxyl groups is 2. The Bertz CT molecular complexity index is 2740. The summed E-state index contributed by atoms with van der Waals surface area (Å²) in [4.78, 5) is 92.0. The molecule has 2 saturated carbocycles. The van der Waals surface area contributed by atoms with E-state index in [2.05, 4.69) is 21.3 Å². The lowest BCUT2D eigenvalue weighted by Crippen LogP contribution is -2.57. The lowest BCUT2D eigenvalue weighted by molar-refractivity contribution is -0.140. The molecule has 2 aliphatic carbocycles. The van der Waals surface area contributed by atoms with E-state index in [4.69, 9.17) is 0 Å². The second-order valence-corrected chi connectivity index (χ2v) is 22.6. The Morgan fingerprint density at radius 3 is 1.51 bits per heavy atom. The fourth-order valence-corrected chi connectivity index (χ4v) is 12.0. The van der Waals surface area contributed by atoms with Crippen LogP contribution < -0.4 is 21.3 Å². The van der Waals surface area contributed by atoms with Crippen molar-refractivity contribution in [2.75, 3.05) is 53.4 Å². The molecule has 0 unspecified atom stereocenters. The van der Waals surface area contributed by atoms with E-state index in [0.717, 1.165) is 79.2 Å². The molecular weight excluding hydrogens is 1010 g/mol. The fraction of sp³-hybridized carbons (Fsp3) is 0.500. The Balaban J connectivity index is 0.991. The minimum Gasteiger partial charge on any atom is -0.391 e. The molecule has 6 N–H and O–H groups in total. The summed E-state index contributed by atoms with van der Waals surface area (Å²) in [5.74, 6) is -1.54. The molecule has 4 aromatic rings. The standard InChI is InChI=1S/C64H84N8O8/c1-43(65-3)59(75)67-57(49-21-13-7-14-22-49)63(79)71-41-55(73)37-53(71)39-69(35-33-45-17-9-5-10-18-45)61(77)51-29-25-47(26-30-51)48-27-31-52(32-28-48)62(78)70(36-34-46-19-11-6-12-20-46)40-54-38-56(74)42-72(54)64(80)58(50-23-15-8-16-24-50)68-60(76)44(2)66-4/h5-6,9-12,17-20,25-32,43-44,49,53-57,65-66,73-74H,7-8,13-16,21-24,33-42H2,1-4H3,(H,67,75)(H,68,76)/t43-,44-,53-,54-,55-,56-,57-/m0/s1. The summed E-state index contributed by atoms with van der Waals surface area (Å²) < 4.78 is 0. The highest BCUT2D eigenvalue weighted by atomic mass is 16.3. The van der Waals surface area contributed by atoms with Crippen LogP contribution in [0.15, 0.2) is 120 Å². The first-order chi connectivity index (χ1) is 38.7. The highest BCUT2D eigenvalue weighted by molar-refractivity contribution is 6.00. The third-order valence-electron chi connectivity index (χ3n) is 17.0. The lowest BCUT2D eigenvalue weighted by atomic mass is 9.83. The summed E-state index contributed by atoms with van der Waals surface area (Å²) in [7, 11) is 3.41. The number of amides is 6. The van der Waals surface area contributed by atoms with Gasteiger partial charge in [0.25, 0.3) is 17.7 Å². The molecule has 0 aromatic heterocycles. The molecule has 428 valence electrons. The number of carbonyl (C=O) groups excluding carboxylic acids is 6. The van der Waals surface area contributed by atoms with Gasteiger partial charge in [-0.05, 0) is 150 Å². The Hall–Kier alpha value is -6.72. The van der Waals surface area contributed by atoms with Crippen LogP contribution in [0.3, 0.4) is 0 Å². The second kappa shape index (κ2) is 28.6. The third kappa shape index (κ3) is 15.4. The van der Waals surface area contributed by atoms with Gasteiger partial charge >= 0.3 is 0 Å². The molecule has 2 aliphatic heterocycles. The van der Waals surface area contributed by atoms with Crippen molar-refractivity contribution in [3.8, 4) is 11.1 Å². The largest absolute Gasteiger partial charge is 0.391 e. The maximum Gasteiger partial charge on any atom is 0.270 e. The van der Waals surface area contributed by atoms with Gasteiger partial charge in [-0.1, -0.05) is 111 Å². The highest BCUT2D eigenvalue weighted by Crippen LogP contribution is 2.32. The minimum absolute atomic E-state index is 0.0194. The number of likely N-dealkylation sites (tertiary alicyclic amines) is 2. The Morgan fingerprint density at radius 2 is 1.02 bits per heavy atom. The van der Waals surface area contributed by atoms with E-state index < -0.39 is 42.4 Å². The molecule has 0 spiro atoms. The van der Waals surface area contributed by atoms with Gasteiger partial charge in [-0.15, -0.1) is 0 Å². The minimum atomic E-state index is -0.793. The van der Waals surface area contributed by atoms with Gasteiger partial charge in [0.15, 0.2) is 0 Å². The Morgan fingerprint density at radius 1 is 0.575 bits per heavy atom. The summed E-state index contributed by atoms with van der Waals surface area (Å²) in [6, 6.07) is 31.9. The average molecular weight is 1090 g/mol. The first-order valence-corrected chi connectivity index (χ1v) is 29.2. The van der Waals surface area contributed by atoms with E-state index in [9.17, 15) is 39.0 Å². The van der Waals surface area contributed by atoms with Crippen LogP contribution in [0.5, 0.6) is 0 Å². The van der Waals surface area contributed by atoms with Crippen molar-refractivity contribution in [1.82, 2.24) is 40.9 Å². The van der Waals surface area contributed by atoms with Crippen LogP contribution >= 0.6 is 0 Å². The zero-order chi connectivity index (χ0) is 56.7. The maximum atomic E-state index is 14.7. The molecule has 6 amide bonds. The van der Waals surface area contributed by atoms with Gasteiger partial charge in [0, 0.05) is 50.4 Å². The highest BCUT2D eigenvalue weighted by Gasteiger charge is 2.43. The van der Waals surface area contributed by atoms with Crippen LogP contribution in [0.25, 0.3) is 11.1 Å². The van der Waals surface area contributed by atoms with Gasteiger partial charge in [0.05, 0.1) is 36.4 Å². The average Bonchev–Trinajstić information content (AvgIpc) is 4.07. The first-order valence-electron chi connectivity index (χ1n) is 29.2. The third-order valence-corrected chi connectivity index (χ3v) is 17.0. The summed E-state index contributed by atoms with van der Waals surface area (Å²) >= 11 is 0. The van der Waals surface area contributed by atoms with Gasteiger partial charge in [-0.25, -0.2) is 0 Å². The van der Waals surface area contributed by atoms with Gasteiger partial charge < -0.3 is 51.1 Å². The number of hydrogen-bond acceptors (Lipinski definition) is 10. The van der Waals surface area contributed by atoms with Crippen LogP contribution in [-0.2, 0) is 32.0 Å². The molecule has 80 heavy (non-hydrogen) atoms. The van der Waals surface area contributed by atoms with Crippen molar-refractivity contribution in [3.63, 3.8) is 0 Å². The number of carbonyl (C=O) groups is 6. The van der Waals surface area contributed by atoms with Crippen molar-refractivity contribution in [2.24, 2.45) is 5.92 Å². The predicted octanol–water partition coefficient (Wildman–Crippen LogP) is 6.26. The topological polar surface area (TPSA) is 204 Å². The van der Waals surface area contributed by atoms with Gasteiger partial charge in [0.2, 0.25) is 17.7 Å². The summed E-state index contributed by atoms with van der Waals surface area (Å²) in [6.07, 6.45) is 9.23. The van der Waals surface area contributed by atoms with Crippen molar-refractivity contribution >= 4 is 35.4 Å². The van der Waals surface area contributed by atoms with E-state index in [1.807, 2.05) is 84.9 Å². The van der Waals surface area contributed by atoms with Crippen molar-refractivity contribution in [2.45, 2.75) is 146 Å². The SMILES string of the molecule is CN[C@@H](C)C(=O)NC(C(=O)N1C[C@@H](O)C[C@H]1CN(CCc1ccccc1)C(=O)c1ccc(-c2ccc(C(=O)N(CCc3ccccc3)C[C@@H]3C[C@H](O)CN3C(=O)[C@@H](NC(=O)[C@H](C)NC)C3CCCCC3)cc2)cc1)=C1CCCCC1. The predicted molar refractivity (Wildman–Crippen MR) is 310 cm³/mol. The zero-order valence-electron chi connectivity index (χ0n) is 47.3. The van der Waals surface area contributed by atoms with Crippen molar-refractivity contribution in [3.05, 3.63) is 143 Å². The molecule has 8 rings (SSSR count). The van der Waals surface area contributed by atoms with E-state index in [0.29, 0.717) is 56.3 Å². The lowest BCUT2D eigenvalue weighted by Gasteiger charge is -2.36. The number of rotatable bonds is 22. The second-order valence-electron chi connectivity index (χ2n) is 22.6. The molecule has 4 aromatic carbocycles. The maximum absolute atomic E-state index is 14.7. The quantitative estimate of drug-likeness (QED) is 0.0488. The Labute approximate surface area is 472 Å². The number of nitrogens with one attached hydrogen (secondary N) is 4. The molecule has 4 aliphatic rings. The number of β-amino-alcohol motifs (C(OH)–C–C–N with tert-alkyl or cyclic N) is 2. The van der Waals surface area contributed by atoms with Crippen LogP contribution in [0.4, 0.5) is 0 Å². The molecular formula is C64H84N8O8. The van der Waals surface area contributed by atoms with Crippen LogP contribution in [-0.4, -0.2) is 161 Å². The fourth-order valence-electron chi connectivity index (χ4n) is 12.0. The van der Waals surface area contributed by atoms with Crippen LogP contribution in [0, 0.1) is 5.92 Å². The number of likely N-dealkylation sites (N-methyl/N-ethyl adjacent to an activating group) is 2. The molecule has 0 radical (unpaired) electrons. The Kier molecular flexibility index (Phi) is 21.3. The van der Waals surface area contributed by atoms with E-state index in [-0.39, 0.29) is 79.7 Å². The molecule has 7 atom stereocenters. The van der Waals surface area contributed by atoms with Crippen molar-refractivity contribution in [1.29, 1.82) is 0 Å². The van der Waals surface area contributed by atoms with E-state index in [1.165, 1.54) is 0 Å². The monoisotopic (exact) mass is 1090 g/mol. The molecule has 0 bridgehead atoms. The van der Waals surface area contributed by atoms with Crippen LogP contribution in [0.1, 0.15) is 123 Å². The zero-order valence-corrected chi connectivity index (χ0v) is 47.3. The summed E-state index contributed by atoms with van der Waals surface area (Å²) in [5, 5.41) is 34.2. The van der Waals surface area contributed by atoms with E-state index in [1.54, 1.807) is 71.8 Å². The molecule has 16 heteroatoms. The van der Waals surface area contributed by atoms with Gasteiger partial charge in [-0.2, -0.15) is 0 Å². The van der Waals surface area contributed by atoms with Crippen molar-refractivity contribution < 1.29 is 39.0 Å². The number of aliphatic hydroxyl groups excluding tert-OH is 2. The summed E-state index contributed by atoms with van der Waals surface area (Å²) in [5.41, 5.74) is 5.93. The molecule has 2 heterocycles. The molecule has 16 nitrogen and oxygen atoms in total. The molecule has 2 saturated heterocycles. The molecule has 4 fully saturated rings. The number of allylic oxidation sites excluding steroid dienone is 1. The van der Waals surface area contributed by atoms with Crippen LogP contribution in [0.2, 0.25) is 0 Å². The van der Waals surface area contributed by atoms with E-state index >= 15 is 0 Å². The smallest absolute Gasteiger partial charge is 0.270 e. The first kappa shape index (κ1) is 59.4.